The van der Waals surface area contributed by atoms with Gasteiger partial charge in [0.15, 0.2) is 0 Å². The van der Waals surface area contributed by atoms with Crippen LogP contribution in [0, 0.1) is 17.6 Å². The van der Waals surface area contributed by atoms with E-state index in [1.165, 1.54) is 24.6 Å². The highest BCUT2D eigenvalue weighted by atomic mass is 19.1. The normalized spacial score (nSPS) is 12.9. The lowest BCUT2D eigenvalue weighted by Crippen LogP contribution is -2.57. The second-order valence-corrected chi connectivity index (χ2v) is 12.7. The highest BCUT2D eigenvalue weighted by Gasteiger charge is 2.31. The van der Waals surface area contributed by atoms with Gasteiger partial charge in [0.25, 0.3) is 11.8 Å². The lowest BCUT2D eigenvalue weighted by atomic mass is 9.97. The topological polar surface area (TPSA) is 137 Å². The molecule has 0 aliphatic carbocycles. The Kier molecular flexibility index (Phi) is 13.6. The molecule has 2 aromatic carbocycles. The van der Waals surface area contributed by atoms with Gasteiger partial charge in [-0.15, -0.1) is 0 Å². The van der Waals surface area contributed by atoms with Gasteiger partial charge >= 0.3 is 0 Å². The third-order valence-electron chi connectivity index (χ3n) is 7.55. The van der Waals surface area contributed by atoms with Crippen LogP contribution in [0.4, 0.5) is 8.78 Å². The fourth-order valence-electron chi connectivity index (χ4n) is 5.03. The maximum Gasteiger partial charge on any atom is 0.253 e. The van der Waals surface area contributed by atoms with Crippen molar-refractivity contribution in [3.05, 3.63) is 77.2 Å². The van der Waals surface area contributed by atoms with Crippen LogP contribution < -0.4 is 16.0 Å². The summed E-state index contributed by atoms with van der Waals surface area (Å²) in [7, 11) is 0. The third-order valence-corrected chi connectivity index (χ3v) is 7.55. The molecule has 0 aliphatic heterocycles. The second kappa shape index (κ2) is 17.1. The molecule has 3 rings (SSSR count). The summed E-state index contributed by atoms with van der Waals surface area (Å²) in [5.41, 5.74) is -0.106. The molecule has 0 saturated heterocycles. The number of aromatic nitrogens is 1. The molecule has 256 valence electrons. The summed E-state index contributed by atoms with van der Waals surface area (Å²) in [6.07, 6.45) is 2.92. The molecule has 10 nitrogen and oxygen atoms in total. The van der Waals surface area contributed by atoms with Crippen molar-refractivity contribution in [1.29, 1.82) is 0 Å². The first-order chi connectivity index (χ1) is 22.2. The van der Waals surface area contributed by atoms with Crippen LogP contribution in [0.5, 0.6) is 0 Å². The molecule has 2 atom stereocenters. The van der Waals surface area contributed by atoms with E-state index in [1.807, 2.05) is 27.7 Å². The van der Waals surface area contributed by atoms with Gasteiger partial charge in [-0.05, 0) is 74.9 Å². The molecular formula is C35H47F2N5O5. The van der Waals surface area contributed by atoms with Crippen molar-refractivity contribution in [3.63, 3.8) is 0 Å². The van der Waals surface area contributed by atoms with Gasteiger partial charge < -0.3 is 30.4 Å². The van der Waals surface area contributed by atoms with Crippen molar-refractivity contribution in [2.45, 2.75) is 78.5 Å². The minimum Gasteiger partial charge on any atom is -0.445 e. The predicted molar refractivity (Wildman–Crippen MR) is 176 cm³/mol. The van der Waals surface area contributed by atoms with Gasteiger partial charge in [-0.3, -0.25) is 14.4 Å². The van der Waals surface area contributed by atoms with Gasteiger partial charge in [0.2, 0.25) is 11.8 Å². The summed E-state index contributed by atoms with van der Waals surface area (Å²) in [6, 6.07) is 6.54. The van der Waals surface area contributed by atoms with Crippen LogP contribution in [-0.4, -0.2) is 76.6 Å². The Morgan fingerprint density at radius 2 is 1.60 bits per heavy atom. The van der Waals surface area contributed by atoms with E-state index in [4.69, 9.17) is 4.42 Å². The Hall–Kier alpha value is -4.16. The van der Waals surface area contributed by atoms with Crippen LogP contribution in [-0.2, 0) is 11.2 Å². The standard InChI is InChI=1S/C35H47F2N5O5/c1-7-10-42(11-8-2)33(45)26-17-24(16-25(18-26)32-38-9-12-47-32)31(44)41-29(15-23-13-27(36)19-28(37)14-23)30(43)21-40-35(5,6)34(46)39-20-22(3)4/h9,12-14,16-19,22,29-30,40,43H,7-8,10-11,15,20-21H2,1-6H3,(H,39,46)(H,41,44)/t29-,30+/m0/s1. The number of amides is 3. The Labute approximate surface area is 275 Å². The number of carbonyl (C=O) groups excluding carboxylic acids is 3. The van der Waals surface area contributed by atoms with E-state index in [2.05, 4.69) is 20.9 Å². The number of rotatable bonds is 17. The van der Waals surface area contributed by atoms with Crippen LogP contribution in [0.1, 0.15) is 80.7 Å². The second-order valence-electron chi connectivity index (χ2n) is 12.7. The van der Waals surface area contributed by atoms with E-state index in [1.54, 1.807) is 24.8 Å². The van der Waals surface area contributed by atoms with Crippen molar-refractivity contribution in [3.8, 4) is 11.5 Å². The average Bonchev–Trinajstić information content (AvgIpc) is 3.56. The van der Waals surface area contributed by atoms with Gasteiger partial charge in [0.05, 0.1) is 23.9 Å². The molecule has 3 aromatic rings. The molecule has 0 unspecified atom stereocenters. The highest BCUT2D eigenvalue weighted by Crippen LogP contribution is 2.23. The van der Waals surface area contributed by atoms with Gasteiger partial charge in [-0.1, -0.05) is 27.7 Å². The largest absolute Gasteiger partial charge is 0.445 e. The van der Waals surface area contributed by atoms with Gasteiger partial charge in [0, 0.05) is 48.9 Å². The lowest BCUT2D eigenvalue weighted by Gasteiger charge is -2.30. The van der Waals surface area contributed by atoms with E-state index in [9.17, 15) is 28.3 Å². The van der Waals surface area contributed by atoms with Crippen LogP contribution >= 0.6 is 0 Å². The minimum absolute atomic E-state index is 0.0981. The molecule has 4 N–H and O–H groups in total. The molecule has 3 amide bonds. The first-order valence-electron chi connectivity index (χ1n) is 16.0. The molecule has 0 fully saturated rings. The van der Waals surface area contributed by atoms with Crippen LogP contribution in [0.2, 0.25) is 0 Å². The van der Waals surface area contributed by atoms with E-state index in [-0.39, 0.29) is 53.3 Å². The summed E-state index contributed by atoms with van der Waals surface area (Å²) in [5.74, 6) is -2.32. The molecule has 1 aromatic heterocycles. The first kappa shape index (κ1) is 37.3. The number of hydrogen-bond acceptors (Lipinski definition) is 7. The maximum absolute atomic E-state index is 14.1. The van der Waals surface area contributed by atoms with E-state index >= 15 is 0 Å². The minimum atomic E-state index is -1.29. The van der Waals surface area contributed by atoms with E-state index in [0.717, 1.165) is 31.0 Å². The quantitative estimate of drug-likeness (QED) is 0.165. The number of oxazole rings is 1. The SMILES string of the molecule is CCCN(CCC)C(=O)c1cc(C(=O)N[C@@H](Cc2cc(F)cc(F)c2)[C@H](O)CNC(C)(C)C(=O)NCC(C)C)cc(-c2ncco2)c1. The number of hydrogen-bond donors (Lipinski definition) is 4. The summed E-state index contributed by atoms with van der Waals surface area (Å²) in [6.45, 7) is 12.6. The maximum atomic E-state index is 14.1. The van der Waals surface area contributed by atoms with Crippen molar-refractivity contribution >= 4 is 17.7 Å². The monoisotopic (exact) mass is 655 g/mol. The third kappa shape index (κ3) is 11.0. The van der Waals surface area contributed by atoms with Crippen molar-refractivity contribution in [1.82, 2.24) is 25.8 Å². The molecule has 0 saturated carbocycles. The Bertz CT molecular complexity index is 1470. The number of aliphatic hydroxyl groups is 1. The lowest BCUT2D eigenvalue weighted by molar-refractivity contribution is -0.126. The molecule has 0 bridgehead atoms. The fourth-order valence-corrected chi connectivity index (χ4v) is 5.03. The Morgan fingerprint density at radius 3 is 2.17 bits per heavy atom. The summed E-state index contributed by atoms with van der Waals surface area (Å²) >= 11 is 0. The van der Waals surface area contributed by atoms with Crippen molar-refractivity contribution in [2.75, 3.05) is 26.2 Å². The zero-order valence-electron chi connectivity index (χ0n) is 28.0. The predicted octanol–water partition coefficient (Wildman–Crippen LogP) is 4.72. The van der Waals surface area contributed by atoms with Crippen molar-refractivity contribution in [2.24, 2.45) is 5.92 Å². The molecule has 1 heterocycles. The number of carbonyl (C=O) groups is 3. The Balaban J connectivity index is 1.94. The number of aliphatic hydroxyl groups excluding tert-OH is 1. The molecule has 0 radical (unpaired) electrons. The summed E-state index contributed by atoms with van der Waals surface area (Å²) in [4.78, 5) is 46.1. The van der Waals surface area contributed by atoms with E-state index in [0.29, 0.717) is 25.2 Å². The Morgan fingerprint density at radius 1 is 0.957 bits per heavy atom. The van der Waals surface area contributed by atoms with Gasteiger partial charge in [-0.25, -0.2) is 13.8 Å². The molecule has 12 heteroatoms. The zero-order valence-corrected chi connectivity index (χ0v) is 28.0. The van der Waals surface area contributed by atoms with Crippen LogP contribution in [0.25, 0.3) is 11.5 Å². The zero-order chi connectivity index (χ0) is 34.7. The number of β-amino-alcohol motifs (C(OH)–C–C–N with tert-alkyl or cyclic N) is 1. The highest BCUT2D eigenvalue weighted by molar-refractivity contribution is 6.01. The number of nitrogens with zero attached hydrogens (tertiary/aromatic N) is 2. The van der Waals surface area contributed by atoms with Crippen LogP contribution in [0.3, 0.4) is 0 Å². The van der Waals surface area contributed by atoms with Gasteiger partial charge in [-0.2, -0.15) is 0 Å². The average molecular weight is 656 g/mol. The van der Waals surface area contributed by atoms with Gasteiger partial charge in [0.1, 0.15) is 17.9 Å². The number of benzene rings is 2. The van der Waals surface area contributed by atoms with Crippen LogP contribution in [0.15, 0.2) is 53.3 Å². The fraction of sp³-hybridized carbons (Fsp3) is 0.486. The number of halogens is 2. The molecule has 0 spiro atoms. The smallest absolute Gasteiger partial charge is 0.253 e. The first-order valence-corrected chi connectivity index (χ1v) is 16.0. The van der Waals surface area contributed by atoms with Crippen molar-refractivity contribution < 1.29 is 32.7 Å². The molecule has 0 aliphatic rings. The van der Waals surface area contributed by atoms with E-state index < -0.39 is 35.2 Å². The summed E-state index contributed by atoms with van der Waals surface area (Å²) < 4.78 is 33.7. The summed E-state index contributed by atoms with van der Waals surface area (Å²) in [5, 5.41) is 20.0. The molecule has 47 heavy (non-hydrogen) atoms. The molecular weight excluding hydrogens is 608 g/mol. The number of nitrogens with one attached hydrogen (secondary N) is 3.